The smallest absolute Gasteiger partial charge is 0.244 e. The second-order valence-electron chi connectivity index (χ2n) is 5.42. The molecule has 0 radical (unpaired) electrons. The maximum Gasteiger partial charge on any atom is 0.244 e. The second kappa shape index (κ2) is 8.10. The van der Waals surface area contributed by atoms with E-state index in [1.165, 1.54) is 0 Å². The van der Waals surface area contributed by atoms with Gasteiger partial charge in [-0.3, -0.25) is 0 Å². The van der Waals surface area contributed by atoms with E-state index < -0.39 is 0 Å². The summed E-state index contributed by atoms with van der Waals surface area (Å²) < 4.78 is 5.17. The first kappa shape index (κ1) is 16.7. The van der Waals surface area contributed by atoms with E-state index in [0.29, 0.717) is 12.5 Å². The van der Waals surface area contributed by atoms with E-state index in [1.54, 1.807) is 13.3 Å². The van der Waals surface area contributed by atoms with E-state index in [4.69, 9.17) is 4.74 Å². The molecule has 0 atom stereocenters. The second-order valence-corrected chi connectivity index (χ2v) is 5.42. The normalized spacial score (nSPS) is 10.3. The summed E-state index contributed by atoms with van der Waals surface area (Å²) in [6, 6.07) is 18.0. The van der Waals surface area contributed by atoms with E-state index in [9.17, 15) is 0 Å². The van der Waals surface area contributed by atoms with Gasteiger partial charge in [0.1, 0.15) is 5.75 Å². The summed E-state index contributed by atoms with van der Waals surface area (Å²) in [4.78, 5) is 6.68. The van der Waals surface area contributed by atoms with Gasteiger partial charge in [0.25, 0.3) is 0 Å². The Morgan fingerprint density at radius 1 is 1.04 bits per heavy atom. The Morgan fingerprint density at radius 3 is 2.48 bits per heavy atom. The predicted molar refractivity (Wildman–Crippen MR) is 99.3 cm³/mol. The highest BCUT2D eigenvalue weighted by atomic mass is 16.5. The van der Waals surface area contributed by atoms with Crippen LogP contribution in [0, 0.1) is 0 Å². The highest BCUT2D eigenvalue weighted by Crippen LogP contribution is 2.22. The molecule has 128 valence electrons. The number of para-hydroxylation sites is 1. The van der Waals surface area contributed by atoms with E-state index in [-0.39, 0.29) is 0 Å². The molecule has 25 heavy (non-hydrogen) atoms. The van der Waals surface area contributed by atoms with Crippen LogP contribution < -0.4 is 15.0 Å². The minimum atomic E-state index is 0.502. The molecule has 3 aromatic rings. The molecule has 1 aromatic heterocycles. The third-order valence-corrected chi connectivity index (χ3v) is 3.82. The molecule has 3 rings (SSSR count). The lowest BCUT2D eigenvalue weighted by Crippen LogP contribution is -2.18. The lowest BCUT2D eigenvalue weighted by molar-refractivity contribution is 0.414. The Hall–Kier alpha value is -3.15. The Balaban J connectivity index is 1.72. The SMILES string of the molecule is CCN(c1ccccc1)c1cnnc(NCc2ccc(OC)cc2)n1. The van der Waals surface area contributed by atoms with E-state index >= 15 is 0 Å². The molecular formula is C19H21N5O. The number of aromatic nitrogens is 3. The van der Waals surface area contributed by atoms with Gasteiger partial charge in [-0.25, -0.2) is 0 Å². The zero-order chi connectivity index (χ0) is 17.5. The Labute approximate surface area is 147 Å². The average molecular weight is 335 g/mol. The van der Waals surface area contributed by atoms with Gasteiger partial charge in [-0.05, 0) is 36.8 Å². The number of hydrogen-bond acceptors (Lipinski definition) is 6. The fourth-order valence-electron chi connectivity index (χ4n) is 2.51. The molecule has 6 heteroatoms. The van der Waals surface area contributed by atoms with Crippen molar-refractivity contribution in [2.75, 3.05) is 23.9 Å². The third-order valence-electron chi connectivity index (χ3n) is 3.82. The number of rotatable bonds is 7. The Morgan fingerprint density at radius 2 is 1.80 bits per heavy atom. The molecule has 2 aromatic carbocycles. The molecule has 0 amide bonds. The van der Waals surface area contributed by atoms with Crippen LogP contribution in [0.1, 0.15) is 12.5 Å². The highest BCUT2D eigenvalue weighted by Gasteiger charge is 2.10. The van der Waals surface area contributed by atoms with Crippen molar-refractivity contribution in [1.82, 2.24) is 15.2 Å². The van der Waals surface area contributed by atoms with Crippen molar-refractivity contribution in [2.24, 2.45) is 0 Å². The van der Waals surface area contributed by atoms with Gasteiger partial charge in [0.05, 0.1) is 13.3 Å². The van der Waals surface area contributed by atoms with Crippen LogP contribution in [0.25, 0.3) is 0 Å². The van der Waals surface area contributed by atoms with Crippen molar-refractivity contribution >= 4 is 17.5 Å². The van der Waals surface area contributed by atoms with Crippen molar-refractivity contribution in [3.8, 4) is 5.75 Å². The fraction of sp³-hybridized carbons (Fsp3) is 0.211. The number of ether oxygens (including phenoxy) is 1. The quantitative estimate of drug-likeness (QED) is 0.711. The average Bonchev–Trinajstić information content (AvgIpc) is 2.68. The van der Waals surface area contributed by atoms with Crippen LogP contribution in [0.2, 0.25) is 0 Å². The zero-order valence-electron chi connectivity index (χ0n) is 14.4. The molecule has 0 spiro atoms. The molecule has 0 aliphatic heterocycles. The van der Waals surface area contributed by atoms with Crippen LogP contribution in [-0.2, 0) is 6.54 Å². The first-order valence-corrected chi connectivity index (χ1v) is 8.19. The summed E-state index contributed by atoms with van der Waals surface area (Å²) in [6.45, 7) is 3.49. The summed E-state index contributed by atoms with van der Waals surface area (Å²) in [6.07, 6.45) is 1.68. The minimum absolute atomic E-state index is 0.502. The summed E-state index contributed by atoms with van der Waals surface area (Å²) >= 11 is 0. The topological polar surface area (TPSA) is 63.2 Å². The molecule has 0 aliphatic rings. The largest absolute Gasteiger partial charge is 0.497 e. The molecule has 0 fully saturated rings. The van der Waals surface area contributed by atoms with Crippen LogP contribution in [0.15, 0.2) is 60.8 Å². The molecule has 1 heterocycles. The van der Waals surface area contributed by atoms with Gasteiger partial charge < -0.3 is 15.0 Å². The first-order valence-electron chi connectivity index (χ1n) is 8.19. The van der Waals surface area contributed by atoms with Crippen LogP contribution in [-0.4, -0.2) is 28.8 Å². The van der Waals surface area contributed by atoms with Gasteiger partial charge in [0, 0.05) is 18.8 Å². The summed E-state index contributed by atoms with van der Waals surface area (Å²) in [7, 11) is 1.66. The molecule has 0 aliphatic carbocycles. The number of methoxy groups -OCH3 is 1. The summed E-state index contributed by atoms with van der Waals surface area (Å²) in [5.74, 6) is 2.11. The Bertz CT molecular complexity index is 792. The van der Waals surface area contributed by atoms with Crippen molar-refractivity contribution in [3.05, 3.63) is 66.4 Å². The monoisotopic (exact) mass is 335 g/mol. The standard InChI is InChI=1S/C19H21N5O/c1-3-24(16-7-5-4-6-8-16)18-14-21-23-19(22-18)20-13-15-9-11-17(25-2)12-10-15/h4-12,14H,3,13H2,1-2H3,(H,20,22,23). The molecule has 1 N–H and O–H groups in total. The van der Waals surface area contributed by atoms with Gasteiger partial charge >= 0.3 is 0 Å². The molecule has 0 unspecified atom stereocenters. The fourth-order valence-corrected chi connectivity index (χ4v) is 2.51. The third kappa shape index (κ3) is 4.23. The summed E-state index contributed by atoms with van der Waals surface area (Å²) in [5, 5.41) is 11.4. The lowest BCUT2D eigenvalue weighted by atomic mass is 10.2. The van der Waals surface area contributed by atoms with Gasteiger partial charge in [-0.2, -0.15) is 10.1 Å². The molecule has 0 bridgehead atoms. The molecule has 6 nitrogen and oxygen atoms in total. The number of nitrogens with zero attached hydrogens (tertiary/aromatic N) is 4. The van der Waals surface area contributed by atoms with E-state index in [0.717, 1.165) is 29.4 Å². The number of anilines is 3. The van der Waals surface area contributed by atoms with Gasteiger partial charge in [0.2, 0.25) is 5.95 Å². The van der Waals surface area contributed by atoms with E-state index in [2.05, 4.69) is 44.5 Å². The lowest BCUT2D eigenvalue weighted by Gasteiger charge is -2.21. The molecular weight excluding hydrogens is 314 g/mol. The predicted octanol–water partition coefficient (Wildman–Crippen LogP) is 3.65. The maximum absolute atomic E-state index is 5.17. The van der Waals surface area contributed by atoms with Crippen LogP contribution in [0.3, 0.4) is 0 Å². The number of benzene rings is 2. The van der Waals surface area contributed by atoms with Crippen LogP contribution in [0.5, 0.6) is 5.75 Å². The molecule has 0 saturated carbocycles. The minimum Gasteiger partial charge on any atom is -0.497 e. The Kier molecular flexibility index (Phi) is 5.41. The van der Waals surface area contributed by atoms with Gasteiger partial charge in [0.15, 0.2) is 5.82 Å². The van der Waals surface area contributed by atoms with E-state index in [1.807, 2.05) is 42.5 Å². The highest BCUT2D eigenvalue weighted by molar-refractivity contribution is 5.59. The van der Waals surface area contributed by atoms with Gasteiger partial charge in [-0.15, -0.1) is 5.10 Å². The molecule has 0 saturated heterocycles. The first-order chi connectivity index (χ1) is 12.3. The van der Waals surface area contributed by atoms with Crippen LogP contribution >= 0.6 is 0 Å². The van der Waals surface area contributed by atoms with Crippen molar-refractivity contribution in [1.29, 1.82) is 0 Å². The van der Waals surface area contributed by atoms with Crippen LogP contribution in [0.4, 0.5) is 17.5 Å². The van der Waals surface area contributed by atoms with Crippen molar-refractivity contribution < 1.29 is 4.74 Å². The van der Waals surface area contributed by atoms with Crippen molar-refractivity contribution in [2.45, 2.75) is 13.5 Å². The zero-order valence-corrected chi connectivity index (χ0v) is 14.4. The number of hydrogen-bond donors (Lipinski definition) is 1. The summed E-state index contributed by atoms with van der Waals surface area (Å²) in [5.41, 5.74) is 2.19. The number of nitrogens with one attached hydrogen (secondary N) is 1. The maximum atomic E-state index is 5.17. The van der Waals surface area contributed by atoms with Crippen molar-refractivity contribution in [3.63, 3.8) is 0 Å². The van der Waals surface area contributed by atoms with Gasteiger partial charge in [-0.1, -0.05) is 30.3 Å².